The molecule has 0 heterocycles. The maximum Gasteiger partial charge on any atom is 0.257 e. The molecule has 1 rings (SSSR count). The normalized spacial score (nSPS) is 11.9. The van der Waals surface area contributed by atoms with Gasteiger partial charge < -0.3 is 10.1 Å². The number of hydrogen-bond acceptors (Lipinski definition) is 2. The maximum atomic E-state index is 11.3. The molecule has 88 valence electrons. The lowest BCUT2D eigenvalue weighted by Crippen LogP contribution is -2.32. The second-order valence-electron chi connectivity index (χ2n) is 3.33. The number of rotatable bonds is 5. The van der Waals surface area contributed by atoms with E-state index in [1.807, 2.05) is 6.92 Å². The summed E-state index contributed by atoms with van der Waals surface area (Å²) in [6.45, 7) is 2.22. The van der Waals surface area contributed by atoms with Crippen LogP contribution >= 0.6 is 23.2 Å². The van der Waals surface area contributed by atoms with Gasteiger partial charge in [0.25, 0.3) is 5.91 Å². The molecule has 1 amide bonds. The number of alkyl halides is 1. The van der Waals surface area contributed by atoms with Crippen molar-refractivity contribution in [3.05, 3.63) is 29.3 Å². The number of nitrogens with one attached hydrogen (secondary N) is 1. The first-order valence-electron chi connectivity index (χ1n) is 4.87. The Kier molecular flexibility index (Phi) is 5.43. The first kappa shape index (κ1) is 13.1. The van der Waals surface area contributed by atoms with Crippen molar-refractivity contribution in [3.63, 3.8) is 0 Å². The summed E-state index contributed by atoms with van der Waals surface area (Å²) < 4.78 is 5.24. The SMILES string of the molecule is CC(Cl)CNC(=O)COc1ccc(Cl)cc1. The number of amides is 1. The van der Waals surface area contributed by atoms with Crippen LogP contribution in [0.25, 0.3) is 0 Å². The molecule has 16 heavy (non-hydrogen) atoms. The lowest BCUT2D eigenvalue weighted by Gasteiger charge is -2.08. The van der Waals surface area contributed by atoms with Gasteiger partial charge in [0.15, 0.2) is 6.61 Å². The van der Waals surface area contributed by atoms with E-state index in [-0.39, 0.29) is 17.9 Å². The minimum Gasteiger partial charge on any atom is -0.484 e. The third kappa shape index (κ3) is 5.24. The maximum absolute atomic E-state index is 11.3. The van der Waals surface area contributed by atoms with Gasteiger partial charge in [-0.1, -0.05) is 11.6 Å². The lowest BCUT2D eigenvalue weighted by molar-refractivity contribution is -0.123. The fourth-order valence-electron chi connectivity index (χ4n) is 0.985. The third-order valence-corrected chi connectivity index (χ3v) is 2.17. The molecular weight excluding hydrogens is 249 g/mol. The molecule has 0 bridgehead atoms. The molecular formula is C11H13Cl2NO2. The standard InChI is InChI=1S/C11H13Cl2NO2/c1-8(12)6-14-11(15)7-16-10-4-2-9(13)3-5-10/h2-5,8H,6-7H2,1H3,(H,14,15). The van der Waals surface area contributed by atoms with Crippen LogP contribution in [-0.4, -0.2) is 24.4 Å². The van der Waals surface area contributed by atoms with E-state index in [9.17, 15) is 4.79 Å². The molecule has 0 aliphatic rings. The van der Waals surface area contributed by atoms with Gasteiger partial charge in [0.05, 0.1) is 0 Å². The highest BCUT2D eigenvalue weighted by Gasteiger charge is 2.03. The lowest BCUT2D eigenvalue weighted by atomic mass is 10.3. The van der Waals surface area contributed by atoms with Crippen molar-refractivity contribution in [3.8, 4) is 5.75 Å². The van der Waals surface area contributed by atoms with E-state index in [0.29, 0.717) is 17.3 Å². The van der Waals surface area contributed by atoms with E-state index < -0.39 is 0 Å². The van der Waals surface area contributed by atoms with E-state index in [4.69, 9.17) is 27.9 Å². The number of carbonyl (C=O) groups is 1. The molecule has 1 aromatic carbocycles. The number of ether oxygens (including phenoxy) is 1. The summed E-state index contributed by atoms with van der Waals surface area (Å²) in [5, 5.41) is 3.19. The Balaban J connectivity index is 2.29. The van der Waals surface area contributed by atoms with Crippen LogP contribution in [0.3, 0.4) is 0 Å². The Morgan fingerprint density at radius 3 is 2.62 bits per heavy atom. The van der Waals surface area contributed by atoms with Gasteiger partial charge in [0.1, 0.15) is 5.75 Å². The van der Waals surface area contributed by atoms with Crippen molar-refractivity contribution in [2.45, 2.75) is 12.3 Å². The van der Waals surface area contributed by atoms with E-state index in [1.165, 1.54) is 0 Å². The largest absolute Gasteiger partial charge is 0.484 e. The second-order valence-corrected chi connectivity index (χ2v) is 4.51. The highest BCUT2D eigenvalue weighted by atomic mass is 35.5. The van der Waals surface area contributed by atoms with Crippen LogP contribution in [0.2, 0.25) is 5.02 Å². The van der Waals surface area contributed by atoms with Crippen molar-refractivity contribution in [1.82, 2.24) is 5.32 Å². The summed E-state index contributed by atoms with van der Waals surface area (Å²) in [5.74, 6) is 0.418. The van der Waals surface area contributed by atoms with E-state index in [2.05, 4.69) is 5.32 Å². The third-order valence-electron chi connectivity index (χ3n) is 1.76. The van der Waals surface area contributed by atoms with Crippen LogP contribution in [-0.2, 0) is 4.79 Å². The van der Waals surface area contributed by atoms with Crippen LogP contribution in [0.15, 0.2) is 24.3 Å². The summed E-state index contributed by atoms with van der Waals surface area (Å²) >= 11 is 11.4. The Labute approximate surface area is 105 Å². The quantitative estimate of drug-likeness (QED) is 0.828. The summed E-state index contributed by atoms with van der Waals surface area (Å²) in [7, 11) is 0. The first-order chi connectivity index (χ1) is 7.58. The molecule has 1 atom stereocenters. The number of hydrogen-bond donors (Lipinski definition) is 1. The monoisotopic (exact) mass is 261 g/mol. The molecule has 1 unspecified atom stereocenters. The Bertz CT molecular complexity index is 338. The van der Waals surface area contributed by atoms with Gasteiger partial charge in [-0.25, -0.2) is 0 Å². The first-order valence-corrected chi connectivity index (χ1v) is 5.68. The molecule has 3 nitrogen and oxygen atoms in total. The fraction of sp³-hybridized carbons (Fsp3) is 0.364. The molecule has 1 aromatic rings. The van der Waals surface area contributed by atoms with Gasteiger partial charge in [-0.15, -0.1) is 11.6 Å². The van der Waals surface area contributed by atoms with Crippen LogP contribution < -0.4 is 10.1 Å². The van der Waals surface area contributed by atoms with Crippen LogP contribution in [0.1, 0.15) is 6.92 Å². The van der Waals surface area contributed by atoms with E-state index in [1.54, 1.807) is 24.3 Å². The zero-order chi connectivity index (χ0) is 12.0. The topological polar surface area (TPSA) is 38.3 Å². The highest BCUT2D eigenvalue weighted by Crippen LogP contribution is 2.15. The Hall–Kier alpha value is -0.930. The van der Waals surface area contributed by atoms with Gasteiger partial charge in [-0.2, -0.15) is 0 Å². The molecule has 0 saturated carbocycles. The molecule has 0 aliphatic carbocycles. The highest BCUT2D eigenvalue weighted by molar-refractivity contribution is 6.30. The number of benzene rings is 1. The minimum absolute atomic E-state index is 0.0226. The Morgan fingerprint density at radius 2 is 2.06 bits per heavy atom. The predicted octanol–water partition coefficient (Wildman–Crippen LogP) is 2.46. The van der Waals surface area contributed by atoms with Gasteiger partial charge >= 0.3 is 0 Å². The predicted molar refractivity (Wildman–Crippen MR) is 65.3 cm³/mol. The number of halogens is 2. The molecule has 0 aliphatic heterocycles. The minimum atomic E-state index is -0.192. The van der Waals surface area contributed by atoms with Gasteiger partial charge in [0.2, 0.25) is 0 Å². The van der Waals surface area contributed by atoms with Crippen molar-refractivity contribution in [1.29, 1.82) is 0 Å². The molecule has 0 radical (unpaired) electrons. The summed E-state index contributed by atoms with van der Waals surface area (Å²) in [4.78, 5) is 11.3. The van der Waals surface area contributed by atoms with Crippen LogP contribution in [0.5, 0.6) is 5.75 Å². The molecule has 1 N–H and O–H groups in total. The molecule has 0 aromatic heterocycles. The van der Waals surface area contributed by atoms with Crippen molar-refractivity contribution < 1.29 is 9.53 Å². The van der Waals surface area contributed by atoms with Gasteiger partial charge in [-0.05, 0) is 31.2 Å². The molecule has 0 fully saturated rings. The van der Waals surface area contributed by atoms with Crippen LogP contribution in [0.4, 0.5) is 0 Å². The van der Waals surface area contributed by atoms with Gasteiger partial charge in [0, 0.05) is 16.9 Å². The van der Waals surface area contributed by atoms with Crippen LogP contribution in [0, 0.1) is 0 Å². The van der Waals surface area contributed by atoms with Gasteiger partial charge in [-0.3, -0.25) is 4.79 Å². The fourth-order valence-corrected chi connectivity index (χ4v) is 1.19. The summed E-state index contributed by atoms with van der Waals surface area (Å²) in [5.41, 5.74) is 0. The average Bonchev–Trinajstić information content (AvgIpc) is 2.25. The van der Waals surface area contributed by atoms with E-state index in [0.717, 1.165) is 0 Å². The van der Waals surface area contributed by atoms with E-state index >= 15 is 0 Å². The zero-order valence-electron chi connectivity index (χ0n) is 8.87. The van der Waals surface area contributed by atoms with Crippen molar-refractivity contribution in [2.75, 3.05) is 13.2 Å². The summed E-state index contributed by atoms with van der Waals surface area (Å²) in [6.07, 6.45) is 0. The Morgan fingerprint density at radius 1 is 1.44 bits per heavy atom. The average molecular weight is 262 g/mol. The summed E-state index contributed by atoms with van der Waals surface area (Å²) in [6, 6.07) is 6.82. The number of carbonyl (C=O) groups excluding carboxylic acids is 1. The van der Waals surface area contributed by atoms with Crippen molar-refractivity contribution >= 4 is 29.1 Å². The second kappa shape index (κ2) is 6.61. The molecule has 5 heteroatoms. The zero-order valence-corrected chi connectivity index (χ0v) is 10.4. The van der Waals surface area contributed by atoms with Crippen molar-refractivity contribution in [2.24, 2.45) is 0 Å². The smallest absolute Gasteiger partial charge is 0.257 e. The molecule has 0 saturated heterocycles. The molecule has 0 spiro atoms.